The molecule has 0 atom stereocenters. The summed E-state index contributed by atoms with van der Waals surface area (Å²) in [6, 6.07) is 12.7. The number of benzene rings is 2. The van der Waals surface area contributed by atoms with Crippen LogP contribution < -0.4 is 20.3 Å². The van der Waals surface area contributed by atoms with E-state index in [-0.39, 0.29) is 6.54 Å². The zero-order chi connectivity index (χ0) is 22.8. The van der Waals surface area contributed by atoms with Crippen molar-refractivity contribution in [2.24, 2.45) is 0 Å². The predicted molar refractivity (Wildman–Crippen MR) is 120 cm³/mol. The fourth-order valence-corrected chi connectivity index (χ4v) is 3.31. The van der Waals surface area contributed by atoms with Gasteiger partial charge in [0, 0.05) is 29.4 Å². The smallest absolute Gasteiger partial charge is 0.293 e. The largest absolute Gasteiger partial charge is 0.497 e. The SMILES string of the molecule is COc1cc(NC(=O)Cn2ncn3nc(-c4ccc(C)c(C)c4)cc3c2=O)cc(OC)c1. The van der Waals surface area contributed by atoms with E-state index in [0.717, 1.165) is 15.8 Å². The molecule has 4 rings (SSSR count). The van der Waals surface area contributed by atoms with E-state index in [1.165, 1.54) is 30.6 Å². The molecular weight excluding hydrogens is 410 g/mol. The minimum absolute atomic E-state index is 0.251. The average molecular weight is 433 g/mol. The molecular formula is C23H23N5O4. The number of amides is 1. The first-order chi connectivity index (χ1) is 15.4. The van der Waals surface area contributed by atoms with Crippen LogP contribution in [0.2, 0.25) is 0 Å². The number of nitrogens with one attached hydrogen (secondary N) is 1. The lowest BCUT2D eigenvalue weighted by Gasteiger charge is -2.10. The number of hydrogen-bond acceptors (Lipinski definition) is 6. The molecule has 2 heterocycles. The number of carbonyl (C=O) groups is 1. The Bertz CT molecular complexity index is 1350. The number of rotatable bonds is 6. The van der Waals surface area contributed by atoms with Crippen LogP contribution in [0.1, 0.15) is 11.1 Å². The van der Waals surface area contributed by atoms with Gasteiger partial charge in [-0.05, 0) is 37.1 Å². The second-order valence-electron chi connectivity index (χ2n) is 7.40. The molecule has 2 aromatic carbocycles. The fourth-order valence-electron chi connectivity index (χ4n) is 3.31. The van der Waals surface area contributed by atoms with Crippen LogP contribution in [0.5, 0.6) is 11.5 Å². The zero-order valence-corrected chi connectivity index (χ0v) is 18.2. The number of anilines is 1. The van der Waals surface area contributed by atoms with Gasteiger partial charge in [0.15, 0.2) is 0 Å². The summed E-state index contributed by atoms with van der Waals surface area (Å²) in [5.74, 6) is 0.664. The van der Waals surface area contributed by atoms with Gasteiger partial charge in [-0.15, -0.1) is 0 Å². The number of carbonyl (C=O) groups excluding carboxylic acids is 1. The summed E-state index contributed by atoms with van der Waals surface area (Å²) < 4.78 is 12.9. The molecule has 164 valence electrons. The highest BCUT2D eigenvalue weighted by Gasteiger charge is 2.13. The van der Waals surface area contributed by atoms with E-state index < -0.39 is 11.5 Å². The molecule has 0 saturated carbocycles. The molecule has 32 heavy (non-hydrogen) atoms. The Hall–Kier alpha value is -4.14. The van der Waals surface area contributed by atoms with Gasteiger partial charge in [0.05, 0.1) is 19.9 Å². The number of fused-ring (bicyclic) bond motifs is 1. The molecule has 0 radical (unpaired) electrons. The van der Waals surface area contributed by atoms with Crippen molar-refractivity contribution >= 4 is 17.1 Å². The van der Waals surface area contributed by atoms with Gasteiger partial charge < -0.3 is 14.8 Å². The standard InChI is InChI=1S/C23H23N5O4/c1-14-5-6-16(7-15(14)2)20-11-21-23(30)27(24-13-28(21)26-20)12-22(29)25-17-8-18(31-3)10-19(9-17)32-4/h5-11,13H,12H2,1-4H3,(H,25,29). The van der Waals surface area contributed by atoms with Crippen LogP contribution in [0.25, 0.3) is 16.8 Å². The van der Waals surface area contributed by atoms with E-state index in [0.29, 0.717) is 28.4 Å². The molecule has 0 aliphatic rings. The Morgan fingerprint density at radius 3 is 2.38 bits per heavy atom. The van der Waals surface area contributed by atoms with Gasteiger partial charge in [0.1, 0.15) is 29.9 Å². The molecule has 0 aliphatic heterocycles. The lowest BCUT2D eigenvalue weighted by atomic mass is 10.0. The third-order valence-corrected chi connectivity index (χ3v) is 5.22. The van der Waals surface area contributed by atoms with Crippen molar-refractivity contribution in [1.82, 2.24) is 19.4 Å². The molecule has 0 spiro atoms. The Kier molecular flexibility index (Phi) is 5.63. The summed E-state index contributed by atoms with van der Waals surface area (Å²) in [5, 5.41) is 11.3. The summed E-state index contributed by atoms with van der Waals surface area (Å²) in [6.07, 6.45) is 1.42. The van der Waals surface area contributed by atoms with E-state index >= 15 is 0 Å². The van der Waals surface area contributed by atoms with E-state index in [1.807, 2.05) is 32.0 Å². The number of methoxy groups -OCH3 is 2. The van der Waals surface area contributed by atoms with Crippen LogP contribution in [0.15, 0.2) is 53.6 Å². The van der Waals surface area contributed by atoms with Crippen molar-refractivity contribution in [3.63, 3.8) is 0 Å². The van der Waals surface area contributed by atoms with Crippen LogP contribution in [0.4, 0.5) is 5.69 Å². The number of nitrogens with zero attached hydrogens (tertiary/aromatic N) is 4. The van der Waals surface area contributed by atoms with Crippen LogP contribution in [0.3, 0.4) is 0 Å². The van der Waals surface area contributed by atoms with E-state index in [4.69, 9.17) is 9.47 Å². The monoisotopic (exact) mass is 433 g/mol. The van der Waals surface area contributed by atoms with Gasteiger partial charge in [0.2, 0.25) is 5.91 Å². The number of hydrogen-bond donors (Lipinski definition) is 1. The Labute approximate surface area is 184 Å². The van der Waals surface area contributed by atoms with Crippen molar-refractivity contribution < 1.29 is 14.3 Å². The molecule has 0 unspecified atom stereocenters. The van der Waals surface area contributed by atoms with Crippen molar-refractivity contribution in [2.45, 2.75) is 20.4 Å². The van der Waals surface area contributed by atoms with Gasteiger partial charge in [-0.3, -0.25) is 9.59 Å². The van der Waals surface area contributed by atoms with Gasteiger partial charge in [0.25, 0.3) is 5.56 Å². The summed E-state index contributed by atoms with van der Waals surface area (Å²) in [7, 11) is 3.05. The molecule has 1 N–H and O–H groups in total. The number of aryl methyl sites for hydroxylation is 2. The Morgan fingerprint density at radius 1 is 1.00 bits per heavy atom. The van der Waals surface area contributed by atoms with E-state index in [1.54, 1.807) is 24.3 Å². The minimum Gasteiger partial charge on any atom is -0.497 e. The van der Waals surface area contributed by atoms with Crippen LogP contribution in [0, 0.1) is 13.8 Å². The summed E-state index contributed by atoms with van der Waals surface area (Å²) in [6.45, 7) is 3.82. The maximum Gasteiger partial charge on any atom is 0.293 e. The van der Waals surface area contributed by atoms with Crippen LogP contribution in [-0.4, -0.2) is 39.5 Å². The van der Waals surface area contributed by atoms with Crippen molar-refractivity contribution in [1.29, 1.82) is 0 Å². The highest BCUT2D eigenvalue weighted by atomic mass is 16.5. The van der Waals surface area contributed by atoms with Crippen molar-refractivity contribution in [3.05, 3.63) is 70.3 Å². The first kappa shape index (κ1) is 21.1. The molecule has 0 aliphatic carbocycles. The Balaban J connectivity index is 1.58. The van der Waals surface area contributed by atoms with E-state index in [9.17, 15) is 9.59 Å². The Morgan fingerprint density at radius 2 is 1.72 bits per heavy atom. The zero-order valence-electron chi connectivity index (χ0n) is 18.2. The van der Waals surface area contributed by atoms with Crippen molar-refractivity contribution in [2.75, 3.05) is 19.5 Å². The molecule has 4 aromatic rings. The summed E-state index contributed by atoms with van der Waals surface area (Å²) >= 11 is 0. The van der Waals surface area contributed by atoms with Crippen molar-refractivity contribution in [3.8, 4) is 22.8 Å². The maximum atomic E-state index is 12.9. The molecule has 9 heteroatoms. The van der Waals surface area contributed by atoms with Crippen LogP contribution in [-0.2, 0) is 11.3 Å². The molecule has 2 aromatic heterocycles. The van der Waals surface area contributed by atoms with Gasteiger partial charge in [-0.1, -0.05) is 12.1 Å². The molecule has 1 amide bonds. The predicted octanol–water partition coefficient (Wildman–Crippen LogP) is 2.83. The maximum absolute atomic E-state index is 12.9. The van der Waals surface area contributed by atoms with Gasteiger partial charge >= 0.3 is 0 Å². The quantitative estimate of drug-likeness (QED) is 0.502. The lowest BCUT2D eigenvalue weighted by Crippen LogP contribution is -2.30. The first-order valence-electron chi connectivity index (χ1n) is 9.94. The third-order valence-electron chi connectivity index (χ3n) is 5.22. The second-order valence-corrected chi connectivity index (χ2v) is 7.40. The number of aromatic nitrogens is 4. The molecule has 0 saturated heterocycles. The second kappa shape index (κ2) is 8.54. The minimum atomic E-state index is -0.409. The third kappa shape index (κ3) is 4.18. The first-order valence-corrected chi connectivity index (χ1v) is 9.94. The highest BCUT2D eigenvalue weighted by molar-refractivity contribution is 5.91. The van der Waals surface area contributed by atoms with E-state index in [2.05, 4.69) is 15.5 Å². The molecule has 9 nitrogen and oxygen atoms in total. The van der Waals surface area contributed by atoms with Crippen LogP contribution >= 0.6 is 0 Å². The topological polar surface area (TPSA) is 99.8 Å². The normalized spacial score (nSPS) is 10.9. The average Bonchev–Trinajstić information content (AvgIpc) is 3.22. The lowest BCUT2D eigenvalue weighted by molar-refractivity contribution is -0.117. The summed E-state index contributed by atoms with van der Waals surface area (Å²) in [4.78, 5) is 25.5. The molecule has 0 fully saturated rings. The van der Waals surface area contributed by atoms with Gasteiger partial charge in [-0.25, -0.2) is 9.20 Å². The highest BCUT2D eigenvalue weighted by Crippen LogP contribution is 2.26. The summed E-state index contributed by atoms with van der Waals surface area (Å²) in [5.41, 5.74) is 4.31. The van der Waals surface area contributed by atoms with Gasteiger partial charge in [-0.2, -0.15) is 10.2 Å². The fraction of sp³-hybridized carbons (Fsp3) is 0.217. The number of ether oxygens (including phenoxy) is 2. The molecule has 0 bridgehead atoms.